The molecule has 2 nitrogen and oxygen atoms in total. The third kappa shape index (κ3) is 6.19. The summed E-state index contributed by atoms with van der Waals surface area (Å²) >= 11 is 0. The Labute approximate surface area is 114 Å². The SMILES string of the molecule is CCC(CNC(C)(C)C)OC1CC(C)CC(C)C1. The number of hydrogen-bond donors (Lipinski definition) is 1. The first-order valence-corrected chi connectivity index (χ1v) is 7.70. The van der Waals surface area contributed by atoms with E-state index in [0.29, 0.717) is 12.2 Å². The maximum atomic E-state index is 6.31. The maximum absolute atomic E-state index is 6.31. The van der Waals surface area contributed by atoms with Crippen LogP contribution in [0.1, 0.15) is 67.2 Å². The van der Waals surface area contributed by atoms with Crippen molar-refractivity contribution < 1.29 is 4.74 Å². The number of rotatable bonds is 5. The van der Waals surface area contributed by atoms with Crippen molar-refractivity contribution in [1.29, 1.82) is 0 Å². The molecule has 0 heterocycles. The summed E-state index contributed by atoms with van der Waals surface area (Å²) in [6.07, 6.45) is 5.81. The Morgan fingerprint density at radius 3 is 2.11 bits per heavy atom. The van der Waals surface area contributed by atoms with Crippen molar-refractivity contribution in [2.45, 2.75) is 85.0 Å². The van der Waals surface area contributed by atoms with Gasteiger partial charge in [-0.1, -0.05) is 20.8 Å². The van der Waals surface area contributed by atoms with E-state index in [-0.39, 0.29) is 5.54 Å². The van der Waals surface area contributed by atoms with Gasteiger partial charge in [0.2, 0.25) is 0 Å². The van der Waals surface area contributed by atoms with E-state index in [9.17, 15) is 0 Å². The molecule has 0 saturated heterocycles. The molecule has 0 bridgehead atoms. The van der Waals surface area contributed by atoms with Crippen molar-refractivity contribution in [3.8, 4) is 0 Å². The average Bonchev–Trinajstić information content (AvgIpc) is 2.21. The van der Waals surface area contributed by atoms with Crippen molar-refractivity contribution in [1.82, 2.24) is 5.32 Å². The lowest BCUT2D eigenvalue weighted by atomic mass is 9.81. The van der Waals surface area contributed by atoms with Crippen molar-refractivity contribution in [2.75, 3.05) is 6.54 Å². The van der Waals surface area contributed by atoms with Crippen LogP contribution in [0, 0.1) is 11.8 Å². The van der Waals surface area contributed by atoms with Crippen LogP contribution in [0.15, 0.2) is 0 Å². The van der Waals surface area contributed by atoms with E-state index in [0.717, 1.165) is 24.8 Å². The van der Waals surface area contributed by atoms with Crippen LogP contribution in [0.4, 0.5) is 0 Å². The van der Waals surface area contributed by atoms with Gasteiger partial charge in [0.15, 0.2) is 0 Å². The molecule has 2 heteroatoms. The fourth-order valence-corrected chi connectivity index (χ4v) is 2.97. The van der Waals surface area contributed by atoms with Gasteiger partial charge in [-0.3, -0.25) is 0 Å². The van der Waals surface area contributed by atoms with Crippen LogP contribution in [0.2, 0.25) is 0 Å². The van der Waals surface area contributed by atoms with Gasteiger partial charge in [0.05, 0.1) is 12.2 Å². The fourth-order valence-electron chi connectivity index (χ4n) is 2.97. The zero-order valence-corrected chi connectivity index (χ0v) is 13.3. The van der Waals surface area contributed by atoms with Crippen LogP contribution in [-0.2, 0) is 4.74 Å². The second-order valence-corrected chi connectivity index (χ2v) is 7.34. The molecule has 18 heavy (non-hydrogen) atoms. The summed E-state index contributed by atoms with van der Waals surface area (Å²) < 4.78 is 6.31. The number of ether oxygens (including phenoxy) is 1. The summed E-state index contributed by atoms with van der Waals surface area (Å²) in [5.74, 6) is 1.65. The standard InChI is InChI=1S/C16H33NO/c1-7-14(11-17-16(4,5)6)18-15-9-12(2)8-13(3)10-15/h12-15,17H,7-11H2,1-6H3. The van der Waals surface area contributed by atoms with E-state index < -0.39 is 0 Å². The van der Waals surface area contributed by atoms with Crippen molar-refractivity contribution in [2.24, 2.45) is 11.8 Å². The van der Waals surface area contributed by atoms with Gasteiger partial charge in [0.1, 0.15) is 0 Å². The maximum Gasteiger partial charge on any atom is 0.0700 e. The molecule has 108 valence electrons. The lowest BCUT2D eigenvalue weighted by molar-refractivity contribution is -0.0507. The molecule has 3 unspecified atom stereocenters. The lowest BCUT2D eigenvalue weighted by Gasteiger charge is -2.34. The molecule has 0 aliphatic heterocycles. The van der Waals surface area contributed by atoms with Crippen molar-refractivity contribution >= 4 is 0 Å². The Hall–Kier alpha value is -0.0800. The molecule has 0 aromatic carbocycles. The lowest BCUT2D eigenvalue weighted by Crippen LogP contribution is -2.43. The quantitative estimate of drug-likeness (QED) is 0.802. The average molecular weight is 255 g/mol. The molecule has 1 aliphatic carbocycles. The molecule has 1 saturated carbocycles. The second-order valence-electron chi connectivity index (χ2n) is 7.34. The van der Waals surface area contributed by atoms with Crippen molar-refractivity contribution in [3.05, 3.63) is 0 Å². The Bertz CT molecular complexity index is 224. The number of hydrogen-bond acceptors (Lipinski definition) is 2. The first-order valence-electron chi connectivity index (χ1n) is 7.70. The highest BCUT2D eigenvalue weighted by molar-refractivity contribution is 4.78. The van der Waals surface area contributed by atoms with E-state index in [4.69, 9.17) is 4.74 Å². The van der Waals surface area contributed by atoms with Gasteiger partial charge < -0.3 is 10.1 Å². The fraction of sp³-hybridized carbons (Fsp3) is 1.00. The summed E-state index contributed by atoms with van der Waals surface area (Å²) in [5.41, 5.74) is 0.184. The van der Waals surface area contributed by atoms with Gasteiger partial charge >= 0.3 is 0 Å². The van der Waals surface area contributed by atoms with Crippen LogP contribution < -0.4 is 5.32 Å². The van der Waals surface area contributed by atoms with E-state index in [2.05, 4.69) is 46.9 Å². The monoisotopic (exact) mass is 255 g/mol. The molecule has 1 aliphatic rings. The highest BCUT2D eigenvalue weighted by atomic mass is 16.5. The molecule has 0 radical (unpaired) electrons. The van der Waals surface area contributed by atoms with Gasteiger partial charge in [-0.05, 0) is 58.3 Å². The van der Waals surface area contributed by atoms with Crippen molar-refractivity contribution in [3.63, 3.8) is 0 Å². The second kappa shape index (κ2) is 6.91. The Morgan fingerprint density at radius 2 is 1.67 bits per heavy atom. The zero-order valence-electron chi connectivity index (χ0n) is 13.3. The molecular weight excluding hydrogens is 222 g/mol. The van der Waals surface area contributed by atoms with Crippen LogP contribution >= 0.6 is 0 Å². The van der Waals surface area contributed by atoms with E-state index in [1.54, 1.807) is 0 Å². The van der Waals surface area contributed by atoms with Gasteiger partial charge in [-0.25, -0.2) is 0 Å². The summed E-state index contributed by atoms with van der Waals surface area (Å²) in [6, 6.07) is 0. The van der Waals surface area contributed by atoms with Crippen LogP contribution in [-0.4, -0.2) is 24.3 Å². The van der Waals surface area contributed by atoms with E-state index in [1.807, 2.05) is 0 Å². The predicted molar refractivity (Wildman–Crippen MR) is 78.9 cm³/mol. The zero-order chi connectivity index (χ0) is 13.8. The number of nitrogens with one attached hydrogen (secondary N) is 1. The highest BCUT2D eigenvalue weighted by Crippen LogP contribution is 2.31. The topological polar surface area (TPSA) is 21.3 Å². The molecule has 0 spiro atoms. The first kappa shape index (κ1) is 16.0. The van der Waals surface area contributed by atoms with Crippen LogP contribution in [0.5, 0.6) is 0 Å². The van der Waals surface area contributed by atoms with E-state index >= 15 is 0 Å². The smallest absolute Gasteiger partial charge is 0.0700 e. The van der Waals surface area contributed by atoms with Gasteiger partial charge in [0, 0.05) is 12.1 Å². The van der Waals surface area contributed by atoms with Gasteiger partial charge in [0.25, 0.3) is 0 Å². The minimum atomic E-state index is 0.184. The Balaban J connectivity index is 2.37. The Kier molecular flexibility index (Phi) is 6.13. The summed E-state index contributed by atoms with van der Waals surface area (Å²) in [6.45, 7) is 14.6. The molecular formula is C16H33NO. The largest absolute Gasteiger partial charge is 0.374 e. The minimum Gasteiger partial charge on any atom is -0.374 e. The summed E-state index contributed by atoms with van der Waals surface area (Å²) in [4.78, 5) is 0. The summed E-state index contributed by atoms with van der Waals surface area (Å²) in [5, 5.41) is 3.56. The minimum absolute atomic E-state index is 0.184. The highest BCUT2D eigenvalue weighted by Gasteiger charge is 2.26. The van der Waals surface area contributed by atoms with Crippen LogP contribution in [0.25, 0.3) is 0 Å². The van der Waals surface area contributed by atoms with E-state index in [1.165, 1.54) is 19.3 Å². The van der Waals surface area contributed by atoms with Gasteiger partial charge in [-0.2, -0.15) is 0 Å². The first-order chi connectivity index (χ1) is 8.30. The van der Waals surface area contributed by atoms with Crippen LogP contribution in [0.3, 0.4) is 0 Å². The third-order valence-electron chi connectivity index (χ3n) is 3.84. The van der Waals surface area contributed by atoms with Gasteiger partial charge in [-0.15, -0.1) is 0 Å². The molecule has 0 aromatic heterocycles. The molecule has 0 aromatic rings. The predicted octanol–water partition coefficient (Wildman–Crippen LogP) is 3.99. The molecule has 3 atom stereocenters. The Morgan fingerprint density at radius 1 is 1.11 bits per heavy atom. The molecule has 0 amide bonds. The molecule has 1 N–H and O–H groups in total. The molecule has 1 fully saturated rings. The molecule has 1 rings (SSSR count). The normalized spacial score (nSPS) is 31.3. The third-order valence-corrected chi connectivity index (χ3v) is 3.84. The summed E-state index contributed by atoms with van der Waals surface area (Å²) in [7, 11) is 0.